The summed E-state index contributed by atoms with van der Waals surface area (Å²) in [7, 11) is 1.64. The number of ether oxygens (including phenoxy) is 1. The fourth-order valence-electron chi connectivity index (χ4n) is 2.10. The van der Waals surface area contributed by atoms with Crippen LogP contribution in [0.4, 0.5) is 5.69 Å². The first-order valence-corrected chi connectivity index (χ1v) is 6.33. The molecule has 0 radical (unpaired) electrons. The van der Waals surface area contributed by atoms with Crippen LogP contribution in [0.15, 0.2) is 18.2 Å². The van der Waals surface area contributed by atoms with Gasteiger partial charge in [0.1, 0.15) is 5.75 Å². The zero-order valence-corrected chi connectivity index (χ0v) is 10.7. The molecule has 0 saturated carbocycles. The molecule has 0 unspecified atom stereocenters. The number of anilines is 1. The van der Waals surface area contributed by atoms with Gasteiger partial charge in [0.25, 0.3) is 0 Å². The fourth-order valence-corrected chi connectivity index (χ4v) is 2.23. The summed E-state index contributed by atoms with van der Waals surface area (Å²) in [6.45, 7) is 0.767. The van der Waals surface area contributed by atoms with Crippen molar-refractivity contribution in [1.82, 2.24) is 0 Å². The number of carbonyl (C=O) groups excluding carboxylic acids is 1. The van der Waals surface area contributed by atoms with Gasteiger partial charge in [0, 0.05) is 24.9 Å². The number of fused-ring (bicyclic) bond motifs is 1. The lowest BCUT2D eigenvalue weighted by Crippen LogP contribution is -2.28. The first-order valence-electron chi connectivity index (χ1n) is 5.79. The lowest BCUT2D eigenvalue weighted by molar-refractivity contribution is -0.118. The second kappa shape index (κ2) is 5.41. The van der Waals surface area contributed by atoms with E-state index in [4.69, 9.17) is 16.3 Å². The summed E-state index contributed by atoms with van der Waals surface area (Å²) in [6, 6.07) is 5.90. The van der Waals surface area contributed by atoms with E-state index in [2.05, 4.69) is 0 Å². The van der Waals surface area contributed by atoms with Crippen LogP contribution in [0.5, 0.6) is 5.75 Å². The molecule has 0 aliphatic carbocycles. The van der Waals surface area contributed by atoms with Gasteiger partial charge in [0.05, 0.1) is 12.8 Å². The minimum Gasteiger partial charge on any atom is -0.497 e. The van der Waals surface area contributed by atoms with E-state index < -0.39 is 0 Å². The Hall–Kier alpha value is -1.22. The van der Waals surface area contributed by atoms with E-state index in [0.717, 1.165) is 30.8 Å². The minimum absolute atomic E-state index is 0.151. The van der Waals surface area contributed by atoms with Crippen molar-refractivity contribution in [2.75, 3.05) is 24.4 Å². The highest BCUT2D eigenvalue weighted by Crippen LogP contribution is 2.32. The predicted octanol–water partition coefficient (Wildman–Crippen LogP) is 2.60. The van der Waals surface area contributed by atoms with Crippen molar-refractivity contribution in [3.63, 3.8) is 0 Å². The molecule has 0 spiro atoms. The van der Waals surface area contributed by atoms with Crippen LogP contribution in [0.3, 0.4) is 0 Å². The third kappa shape index (κ3) is 2.55. The molecule has 0 aromatic heterocycles. The van der Waals surface area contributed by atoms with E-state index >= 15 is 0 Å². The normalized spacial score (nSPS) is 13.6. The summed E-state index contributed by atoms with van der Waals surface area (Å²) in [5.74, 6) is 1.48. The molecule has 1 aromatic rings. The molecule has 17 heavy (non-hydrogen) atoms. The van der Waals surface area contributed by atoms with Crippen LogP contribution in [0.2, 0.25) is 0 Å². The van der Waals surface area contributed by atoms with E-state index in [0.29, 0.717) is 12.3 Å². The van der Waals surface area contributed by atoms with Crippen molar-refractivity contribution in [3.05, 3.63) is 23.8 Å². The van der Waals surface area contributed by atoms with Gasteiger partial charge >= 0.3 is 0 Å². The van der Waals surface area contributed by atoms with Crippen molar-refractivity contribution in [2.45, 2.75) is 19.3 Å². The molecule has 1 aliphatic heterocycles. The third-order valence-corrected chi connectivity index (χ3v) is 3.28. The Balaban J connectivity index is 2.17. The molecule has 2 rings (SSSR count). The van der Waals surface area contributed by atoms with Crippen molar-refractivity contribution in [2.24, 2.45) is 0 Å². The second-order valence-electron chi connectivity index (χ2n) is 4.08. The van der Waals surface area contributed by atoms with Crippen LogP contribution in [0.25, 0.3) is 0 Å². The molecule has 1 aromatic carbocycles. The lowest BCUT2D eigenvalue weighted by atomic mass is 10.1. The summed E-state index contributed by atoms with van der Waals surface area (Å²) in [5.41, 5.74) is 2.20. The van der Waals surface area contributed by atoms with Gasteiger partial charge in [-0.05, 0) is 24.5 Å². The minimum atomic E-state index is 0.151. The number of hydrogen-bond donors (Lipinski definition) is 0. The molecule has 92 valence electrons. The maximum Gasteiger partial charge on any atom is 0.227 e. The molecule has 1 aliphatic rings. The van der Waals surface area contributed by atoms with Gasteiger partial charge in [0.15, 0.2) is 0 Å². The molecular formula is C13H16ClNO2. The second-order valence-corrected chi connectivity index (χ2v) is 4.46. The van der Waals surface area contributed by atoms with Crippen LogP contribution in [-0.4, -0.2) is 25.4 Å². The molecule has 0 atom stereocenters. The van der Waals surface area contributed by atoms with Crippen molar-refractivity contribution in [1.29, 1.82) is 0 Å². The Labute approximate surface area is 106 Å². The molecule has 0 bridgehead atoms. The van der Waals surface area contributed by atoms with Gasteiger partial charge in [-0.25, -0.2) is 0 Å². The number of amides is 1. The number of nitrogens with zero attached hydrogens (tertiary/aromatic N) is 1. The average Bonchev–Trinajstić information content (AvgIpc) is 2.78. The van der Waals surface area contributed by atoms with Gasteiger partial charge in [-0.2, -0.15) is 0 Å². The first-order chi connectivity index (χ1) is 8.26. The largest absolute Gasteiger partial charge is 0.497 e. The summed E-state index contributed by atoms with van der Waals surface area (Å²) < 4.78 is 5.19. The van der Waals surface area contributed by atoms with Gasteiger partial charge in [-0.3, -0.25) is 4.79 Å². The van der Waals surface area contributed by atoms with Gasteiger partial charge in [-0.1, -0.05) is 6.07 Å². The molecule has 3 nitrogen and oxygen atoms in total. The number of benzene rings is 1. The van der Waals surface area contributed by atoms with Crippen LogP contribution in [0, 0.1) is 0 Å². The maximum absolute atomic E-state index is 12.0. The smallest absolute Gasteiger partial charge is 0.227 e. The Kier molecular flexibility index (Phi) is 3.89. The Bertz CT molecular complexity index is 420. The van der Waals surface area contributed by atoms with Crippen molar-refractivity contribution >= 4 is 23.2 Å². The summed E-state index contributed by atoms with van der Waals surface area (Å²) >= 11 is 5.61. The SMILES string of the molecule is COc1ccc2c(c1)N(C(=O)CCCCl)CC2. The number of halogens is 1. The molecule has 1 heterocycles. The van der Waals surface area contributed by atoms with E-state index in [9.17, 15) is 4.79 Å². The predicted molar refractivity (Wildman–Crippen MR) is 69.0 cm³/mol. The molecule has 1 amide bonds. The van der Waals surface area contributed by atoms with Gasteiger partial charge in [-0.15, -0.1) is 11.6 Å². The zero-order chi connectivity index (χ0) is 12.3. The van der Waals surface area contributed by atoms with Gasteiger partial charge in [0.2, 0.25) is 5.91 Å². The quantitative estimate of drug-likeness (QED) is 0.772. The zero-order valence-electron chi connectivity index (χ0n) is 9.91. The van der Waals surface area contributed by atoms with Crippen molar-refractivity contribution < 1.29 is 9.53 Å². The summed E-state index contributed by atoms with van der Waals surface area (Å²) in [6.07, 6.45) is 2.17. The highest BCUT2D eigenvalue weighted by atomic mass is 35.5. The Morgan fingerprint density at radius 2 is 2.35 bits per heavy atom. The van der Waals surface area contributed by atoms with Crippen LogP contribution < -0.4 is 9.64 Å². The fraction of sp³-hybridized carbons (Fsp3) is 0.462. The number of methoxy groups -OCH3 is 1. The molecule has 4 heteroatoms. The van der Waals surface area contributed by atoms with Crippen molar-refractivity contribution in [3.8, 4) is 5.75 Å². The van der Waals surface area contributed by atoms with Crippen LogP contribution in [0.1, 0.15) is 18.4 Å². The highest BCUT2D eigenvalue weighted by molar-refractivity contribution is 6.18. The number of rotatable bonds is 4. The summed E-state index contributed by atoms with van der Waals surface area (Å²) in [5, 5.41) is 0. The monoisotopic (exact) mass is 253 g/mol. The average molecular weight is 254 g/mol. The Morgan fingerprint density at radius 1 is 1.53 bits per heavy atom. The lowest BCUT2D eigenvalue weighted by Gasteiger charge is -2.17. The third-order valence-electron chi connectivity index (χ3n) is 3.01. The Morgan fingerprint density at radius 3 is 3.06 bits per heavy atom. The van der Waals surface area contributed by atoms with E-state index in [-0.39, 0.29) is 5.91 Å². The van der Waals surface area contributed by atoms with E-state index in [1.54, 1.807) is 7.11 Å². The topological polar surface area (TPSA) is 29.5 Å². The molecule has 0 N–H and O–H groups in total. The molecular weight excluding hydrogens is 238 g/mol. The number of alkyl halides is 1. The van der Waals surface area contributed by atoms with Crippen LogP contribution in [-0.2, 0) is 11.2 Å². The first kappa shape index (κ1) is 12.2. The van der Waals surface area contributed by atoms with E-state index in [1.165, 1.54) is 5.56 Å². The summed E-state index contributed by atoms with van der Waals surface area (Å²) in [4.78, 5) is 13.8. The number of carbonyl (C=O) groups is 1. The van der Waals surface area contributed by atoms with Gasteiger partial charge < -0.3 is 9.64 Å². The van der Waals surface area contributed by atoms with Crippen LogP contribution >= 0.6 is 11.6 Å². The molecule has 0 saturated heterocycles. The molecule has 0 fully saturated rings. The number of hydrogen-bond acceptors (Lipinski definition) is 2. The van der Waals surface area contributed by atoms with E-state index in [1.807, 2.05) is 23.1 Å². The maximum atomic E-state index is 12.0. The highest BCUT2D eigenvalue weighted by Gasteiger charge is 2.24. The standard InChI is InChI=1S/C13H16ClNO2/c1-17-11-5-4-10-6-8-15(12(10)9-11)13(16)3-2-7-14/h4-5,9H,2-3,6-8H2,1H3.